The monoisotopic (exact) mass is 323 g/mol. The highest BCUT2D eigenvalue weighted by atomic mass is 16.5. The lowest BCUT2D eigenvalue weighted by atomic mass is 9.97. The summed E-state index contributed by atoms with van der Waals surface area (Å²) in [7, 11) is 1.64. The Bertz CT molecular complexity index is 660. The zero-order valence-electron chi connectivity index (χ0n) is 14.5. The summed E-state index contributed by atoms with van der Waals surface area (Å²) in [4.78, 5) is 12.3. The molecule has 1 amide bonds. The molecule has 0 saturated heterocycles. The first kappa shape index (κ1) is 17.8. The Morgan fingerprint density at radius 2 is 1.75 bits per heavy atom. The van der Waals surface area contributed by atoms with E-state index in [-0.39, 0.29) is 11.9 Å². The van der Waals surface area contributed by atoms with Crippen molar-refractivity contribution in [3.8, 4) is 5.75 Å². The highest BCUT2D eigenvalue weighted by molar-refractivity contribution is 5.92. The van der Waals surface area contributed by atoms with Crippen LogP contribution in [0.5, 0.6) is 5.75 Å². The molecule has 0 aliphatic carbocycles. The highest BCUT2D eigenvalue weighted by Gasteiger charge is 2.14. The smallest absolute Gasteiger partial charge is 0.244 e. The maximum absolute atomic E-state index is 12.3. The molecule has 0 aliphatic rings. The summed E-state index contributed by atoms with van der Waals surface area (Å²) in [5, 5.41) is 3.11. The molecular formula is C21H25NO2. The average molecular weight is 323 g/mol. The molecule has 0 saturated carbocycles. The third kappa shape index (κ3) is 5.58. The van der Waals surface area contributed by atoms with Gasteiger partial charge in [0.05, 0.1) is 13.2 Å². The van der Waals surface area contributed by atoms with Crippen LogP contribution in [0.3, 0.4) is 0 Å². The van der Waals surface area contributed by atoms with Gasteiger partial charge in [-0.15, -0.1) is 0 Å². The number of amides is 1. The van der Waals surface area contributed by atoms with Gasteiger partial charge in [0.1, 0.15) is 5.75 Å². The van der Waals surface area contributed by atoms with Crippen LogP contribution in [0.4, 0.5) is 0 Å². The van der Waals surface area contributed by atoms with Crippen LogP contribution in [0.15, 0.2) is 60.7 Å². The van der Waals surface area contributed by atoms with Crippen LogP contribution in [-0.4, -0.2) is 13.0 Å². The number of rotatable bonds is 7. The van der Waals surface area contributed by atoms with E-state index in [9.17, 15) is 4.79 Å². The van der Waals surface area contributed by atoms with Crippen molar-refractivity contribution in [2.75, 3.05) is 7.11 Å². The van der Waals surface area contributed by atoms with Gasteiger partial charge in [0.25, 0.3) is 0 Å². The van der Waals surface area contributed by atoms with E-state index >= 15 is 0 Å². The maximum atomic E-state index is 12.3. The average Bonchev–Trinajstić information content (AvgIpc) is 2.60. The number of nitrogens with one attached hydrogen (secondary N) is 1. The molecule has 0 spiro atoms. The maximum Gasteiger partial charge on any atom is 0.244 e. The summed E-state index contributed by atoms with van der Waals surface area (Å²) in [6.45, 7) is 4.32. The van der Waals surface area contributed by atoms with E-state index in [1.807, 2.05) is 48.5 Å². The van der Waals surface area contributed by atoms with Crippen LogP contribution in [0, 0.1) is 5.92 Å². The van der Waals surface area contributed by atoms with Gasteiger partial charge in [-0.2, -0.15) is 0 Å². The Balaban J connectivity index is 2.02. The number of ether oxygens (including phenoxy) is 1. The molecule has 0 bridgehead atoms. The first-order chi connectivity index (χ1) is 11.6. The third-order valence-electron chi connectivity index (χ3n) is 3.77. The van der Waals surface area contributed by atoms with Crippen LogP contribution in [0.25, 0.3) is 6.08 Å². The predicted molar refractivity (Wildman–Crippen MR) is 98.8 cm³/mol. The second-order valence-electron chi connectivity index (χ2n) is 6.21. The molecule has 0 fully saturated rings. The number of hydrogen-bond donors (Lipinski definition) is 1. The second kappa shape index (κ2) is 8.92. The zero-order valence-corrected chi connectivity index (χ0v) is 14.5. The summed E-state index contributed by atoms with van der Waals surface area (Å²) < 4.78 is 5.13. The number of carbonyl (C=O) groups is 1. The molecule has 2 rings (SSSR count). The van der Waals surface area contributed by atoms with Gasteiger partial charge in [0.2, 0.25) is 5.91 Å². The van der Waals surface area contributed by atoms with Gasteiger partial charge in [-0.05, 0) is 41.7 Å². The Morgan fingerprint density at radius 1 is 1.08 bits per heavy atom. The van der Waals surface area contributed by atoms with Crippen molar-refractivity contribution < 1.29 is 9.53 Å². The van der Waals surface area contributed by atoms with Gasteiger partial charge in [0.15, 0.2) is 0 Å². The molecular weight excluding hydrogens is 298 g/mol. The van der Waals surface area contributed by atoms with E-state index in [1.165, 1.54) is 0 Å². The normalized spacial score (nSPS) is 12.3. The lowest BCUT2D eigenvalue weighted by Gasteiger charge is -2.20. The molecule has 1 N–H and O–H groups in total. The molecule has 0 radical (unpaired) electrons. The lowest BCUT2D eigenvalue weighted by Crippen LogP contribution is -2.27. The third-order valence-corrected chi connectivity index (χ3v) is 3.77. The van der Waals surface area contributed by atoms with Crippen LogP contribution >= 0.6 is 0 Å². The summed E-state index contributed by atoms with van der Waals surface area (Å²) in [5.41, 5.74) is 2.10. The van der Waals surface area contributed by atoms with Gasteiger partial charge in [-0.3, -0.25) is 4.79 Å². The molecule has 0 unspecified atom stereocenters. The molecule has 2 aromatic carbocycles. The van der Waals surface area contributed by atoms with E-state index in [2.05, 4.69) is 31.3 Å². The van der Waals surface area contributed by atoms with Crippen LogP contribution in [0.1, 0.15) is 37.4 Å². The van der Waals surface area contributed by atoms with Crippen molar-refractivity contribution in [2.24, 2.45) is 5.92 Å². The highest BCUT2D eigenvalue weighted by Crippen LogP contribution is 2.21. The van der Waals surface area contributed by atoms with E-state index in [0.717, 1.165) is 23.3 Å². The number of carbonyl (C=O) groups excluding carboxylic acids is 1. The zero-order chi connectivity index (χ0) is 17.4. The first-order valence-corrected chi connectivity index (χ1v) is 8.26. The molecule has 126 valence electrons. The largest absolute Gasteiger partial charge is 0.497 e. The van der Waals surface area contributed by atoms with E-state index in [0.29, 0.717) is 5.92 Å². The Morgan fingerprint density at radius 3 is 2.33 bits per heavy atom. The molecule has 3 nitrogen and oxygen atoms in total. The molecule has 3 heteroatoms. The second-order valence-corrected chi connectivity index (χ2v) is 6.21. The van der Waals surface area contributed by atoms with Crippen LogP contribution in [0.2, 0.25) is 0 Å². The van der Waals surface area contributed by atoms with Gasteiger partial charge < -0.3 is 10.1 Å². The Labute approximate surface area is 144 Å². The molecule has 24 heavy (non-hydrogen) atoms. The summed E-state index contributed by atoms with van der Waals surface area (Å²) in [5.74, 6) is 1.22. The van der Waals surface area contributed by atoms with E-state index in [4.69, 9.17) is 4.74 Å². The number of methoxy groups -OCH3 is 1. The van der Waals surface area contributed by atoms with Crippen LogP contribution < -0.4 is 10.1 Å². The predicted octanol–water partition coefficient (Wildman–Crippen LogP) is 4.61. The Kier molecular flexibility index (Phi) is 6.62. The topological polar surface area (TPSA) is 38.3 Å². The van der Waals surface area contributed by atoms with Crippen molar-refractivity contribution in [2.45, 2.75) is 26.3 Å². The van der Waals surface area contributed by atoms with E-state index < -0.39 is 0 Å². The first-order valence-electron chi connectivity index (χ1n) is 8.26. The van der Waals surface area contributed by atoms with Crippen molar-refractivity contribution in [3.63, 3.8) is 0 Å². The lowest BCUT2D eigenvalue weighted by molar-refractivity contribution is -0.117. The summed E-state index contributed by atoms with van der Waals surface area (Å²) in [6, 6.07) is 17.7. The minimum Gasteiger partial charge on any atom is -0.497 e. The number of benzene rings is 2. The molecule has 0 aliphatic heterocycles. The van der Waals surface area contributed by atoms with Gasteiger partial charge in [0, 0.05) is 6.08 Å². The molecule has 1 atom stereocenters. The van der Waals surface area contributed by atoms with E-state index in [1.54, 1.807) is 13.2 Å². The standard InChI is InChI=1S/C21H25NO2/c1-16(2)15-20(18-7-5-4-6-8-18)22-21(23)14-11-17-9-12-19(24-3)13-10-17/h4-14,16,20H,15H2,1-3H3,(H,22,23)/b14-11+/t20-/m1/s1. The molecule has 0 aromatic heterocycles. The van der Waals surface area contributed by atoms with Gasteiger partial charge >= 0.3 is 0 Å². The molecule has 0 heterocycles. The van der Waals surface area contributed by atoms with Crippen molar-refractivity contribution in [3.05, 3.63) is 71.8 Å². The van der Waals surface area contributed by atoms with Crippen molar-refractivity contribution in [1.82, 2.24) is 5.32 Å². The Hall–Kier alpha value is -2.55. The van der Waals surface area contributed by atoms with Gasteiger partial charge in [-0.25, -0.2) is 0 Å². The SMILES string of the molecule is COc1ccc(/C=C/C(=O)N[C@H](CC(C)C)c2ccccc2)cc1. The summed E-state index contributed by atoms with van der Waals surface area (Å²) >= 11 is 0. The quantitative estimate of drug-likeness (QED) is 0.756. The minimum atomic E-state index is -0.0830. The number of hydrogen-bond acceptors (Lipinski definition) is 2. The van der Waals surface area contributed by atoms with Crippen molar-refractivity contribution in [1.29, 1.82) is 0 Å². The summed E-state index contributed by atoms with van der Waals surface area (Å²) in [6.07, 6.45) is 4.30. The fourth-order valence-electron chi connectivity index (χ4n) is 2.54. The van der Waals surface area contributed by atoms with Crippen molar-refractivity contribution >= 4 is 12.0 Å². The fraction of sp³-hybridized carbons (Fsp3) is 0.286. The van der Waals surface area contributed by atoms with Crippen LogP contribution in [-0.2, 0) is 4.79 Å². The fourth-order valence-corrected chi connectivity index (χ4v) is 2.54. The van der Waals surface area contributed by atoms with Gasteiger partial charge in [-0.1, -0.05) is 56.3 Å². The minimum absolute atomic E-state index is 0.0271. The molecule has 2 aromatic rings.